The Morgan fingerprint density at radius 1 is 1.23 bits per heavy atom. The topological polar surface area (TPSA) is 3.24 Å². The average molecular weight is 203 g/mol. The van der Waals surface area contributed by atoms with Crippen LogP contribution in [0.5, 0.6) is 0 Å². The number of hydrogen-bond donors (Lipinski definition) is 0. The summed E-state index contributed by atoms with van der Waals surface area (Å²) >= 11 is 1.95. The van der Waals surface area contributed by atoms with Crippen molar-refractivity contribution in [1.29, 1.82) is 0 Å². The Morgan fingerprint density at radius 2 is 1.85 bits per heavy atom. The van der Waals surface area contributed by atoms with E-state index in [1.807, 2.05) is 11.8 Å². The van der Waals surface area contributed by atoms with Gasteiger partial charge in [-0.05, 0) is 36.9 Å². The zero-order valence-corrected chi connectivity index (χ0v) is 10.7. The summed E-state index contributed by atoms with van der Waals surface area (Å²) in [6, 6.07) is 0. The first-order valence-corrected chi connectivity index (χ1v) is 6.60. The predicted octanol–water partition coefficient (Wildman–Crippen LogP) is 3.11. The summed E-state index contributed by atoms with van der Waals surface area (Å²) in [5, 5.41) is 0. The van der Waals surface area contributed by atoms with Crippen LogP contribution in [0.1, 0.15) is 34.1 Å². The minimum absolute atomic E-state index is 0.440. The molecule has 0 amide bonds. The van der Waals surface area contributed by atoms with Crippen molar-refractivity contribution in [2.45, 2.75) is 34.1 Å². The van der Waals surface area contributed by atoms with Gasteiger partial charge in [-0.2, -0.15) is 11.8 Å². The van der Waals surface area contributed by atoms with Crippen molar-refractivity contribution in [3.05, 3.63) is 0 Å². The summed E-state index contributed by atoms with van der Waals surface area (Å²) in [6.45, 7) is 12.8. The van der Waals surface area contributed by atoms with Gasteiger partial charge in [-0.15, -0.1) is 0 Å². The Balaban J connectivity index is 3.63. The standard InChI is InChI=1S/C11H25NS/c1-6-12(8-7-9-13-5)10-11(2,3)4/h6-10H2,1-5H3. The Hall–Kier alpha value is 0.310. The molecule has 0 atom stereocenters. The van der Waals surface area contributed by atoms with Gasteiger partial charge in [0.15, 0.2) is 0 Å². The molecule has 0 unspecified atom stereocenters. The van der Waals surface area contributed by atoms with Crippen LogP contribution in [0.15, 0.2) is 0 Å². The monoisotopic (exact) mass is 203 g/mol. The number of nitrogens with zero attached hydrogens (tertiary/aromatic N) is 1. The molecule has 0 spiro atoms. The molecular weight excluding hydrogens is 178 g/mol. The fourth-order valence-corrected chi connectivity index (χ4v) is 1.87. The molecule has 0 N–H and O–H groups in total. The number of rotatable bonds is 6. The van der Waals surface area contributed by atoms with E-state index in [2.05, 4.69) is 38.9 Å². The third-order valence-electron chi connectivity index (χ3n) is 1.97. The second-order valence-electron chi connectivity index (χ2n) is 4.78. The van der Waals surface area contributed by atoms with E-state index in [0.29, 0.717) is 5.41 Å². The van der Waals surface area contributed by atoms with E-state index < -0.39 is 0 Å². The molecular formula is C11H25NS. The summed E-state index contributed by atoms with van der Waals surface area (Å²) in [7, 11) is 0. The molecule has 80 valence electrons. The van der Waals surface area contributed by atoms with Crippen LogP contribution in [0.4, 0.5) is 0 Å². The molecule has 0 rings (SSSR count). The van der Waals surface area contributed by atoms with Crippen LogP contribution in [0.2, 0.25) is 0 Å². The fraction of sp³-hybridized carbons (Fsp3) is 1.00. The maximum absolute atomic E-state index is 2.55. The van der Waals surface area contributed by atoms with E-state index >= 15 is 0 Å². The Labute approximate surface area is 88.3 Å². The number of thioether (sulfide) groups is 1. The lowest BCUT2D eigenvalue weighted by atomic mass is 9.96. The van der Waals surface area contributed by atoms with Crippen LogP contribution in [-0.2, 0) is 0 Å². The first-order valence-electron chi connectivity index (χ1n) is 5.21. The van der Waals surface area contributed by atoms with Gasteiger partial charge < -0.3 is 4.90 Å². The molecule has 0 heterocycles. The van der Waals surface area contributed by atoms with Gasteiger partial charge in [-0.1, -0.05) is 27.7 Å². The molecule has 0 aromatic carbocycles. The first-order chi connectivity index (χ1) is 5.99. The van der Waals surface area contributed by atoms with Crippen molar-refractivity contribution in [1.82, 2.24) is 4.90 Å². The van der Waals surface area contributed by atoms with Gasteiger partial charge in [0.1, 0.15) is 0 Å². The van der Waals surface area contributed by atoms with Gasteiger partial charge in [0.25, 0.3) is 0 Å². The zero-order valence-electron chi connectivity index (χ0n) is 9.89. The van der Waals surface area contributed by atoms with Gasteiger partial charge in [0, 0.05) is 6.54 Å². The minimum atomic E-state index is 0.440. The van der Waals surface area contributed by atoms with Crippen LogP contribution >= 0.6 is 11.8 Å². The minimum Gasteiger partial charge on any atom is -0.303 e. The smallest absolute Gasteiger partial charge is 0.00299 e. The molecule has 0 aliphatic rings. The van der Waals surface area contributed by atoms with Gasteiger partial charge >= 0.3 is 0 Å². The quantitative estimate of drug-likeness (QED) is 0.610. The van der Waals surface area contributed by atoms with Gasteiger partial charge in [0.05, 0.1) is 0 Å². The normalized spacial score (nSPS) is 12.5. The van der Waals surface area contributed by atoms with Crippen molar-refractivity contribution in [2.75, 3.05) is 31.6 Å². The molecule has 0 bridgehead atoms. The first kappa shape index (κ1) is 13.3. The third kappa shape index (κ3) is 8.63. The van der Waals surface area contributed by atoms with E-state index in [1.165, 1.54) is 31.8 Å². The second kappa shape index (κ2) is 6.72. The SMILES string of the molecule is CCN(CCCSC)CC(C)(C)C. The van der Waals surface area contributed by atoms with Gasteiger partial charge in [0.2, 0.25) is 0 Å². The van der Waals surface area contributed by atoms with Crippen LogP contribution in [0.3, 0.4) is 0 Å². The van der Waals surface area contributed by atoms with Gasteiger partial charge in [-0.3, -0.25) is 0 Å². The van der Waals surface area contributed by atoms with Crippen molar-refractivity contribution in [3.8, 4) is 0 Å². The highest BCUT2D eigenvalue weighted by atomic mass is 32.2. The second-order valence-corrected chi connectivity index (χ2v) is 5.76. The van der Waals surface area contributed by atoms with Crippen LogP contribution in [-0.4, -0.2) is 36.5 Å². The van der Waals surface area contributed by atoms with Gasteiger partial charge in [-0.25, -0.2) is 0 Å². The highest BCUT2D eigenvalue weighted by molar-refractivity contribution is 7.98. The molecule has 1 nitrogen and oxygen atoms in total. The van der Waals surface area contributed by atoms with Crippen LogP contribution < -0.4 is 0 Å². The maximum Gasteiger partial charge on any atom is 0.00299 e. The van der Waals surface area contributed by atoms with E-state index in [4.69, 9.17) is 0 Å². The van der Waals surface area contributed by atoms with Crippen molar-refractivity contribution in [2.24, 2.45) is 5.41 Å². The molecule has 0 aliphatic heterocycles. The molecule has 13 heavy (non-hydrogen) atoms. The maximum atomic E-state index is 2.55. The molecule has 0 fully saturated rings. The predicted molar refractivity (Wildman–Crippen MR) is 64.6 cm³/mol. The lowest BCUT2D eigenvalue weighted by Gasteiger charge is -2.28. The van der Waals surface area contributed by atoms with E-state index in [0.717, 1.165) is 0 Å². The lowest BCUT2D eigenvalue weighted by molar-refractivity contribution is 0.200. The molecule has 0 saturated carbocycles. The van der Waals surface area contributed by atoms with Crippen LogP contribution in [0, 0.1) is 5.41 Å². The third-order valence-corrected chi connectivity index (χ3v) is 2.66. The van der Waals surface area contributed by atoms with Crippen LogP contribution in [0.25, 0.3) is 0 Å². The van der Waals surface area contributed by atoms with E-state index in [1.54, 1.807) is 0 Å². The van der Waals surface area contributed by atoms with Crippen molar-refractivity contribution >= 4 is 11.8 Å². The molecule has 0 saturated heterocycles. The molecule has 0 radical (unpaired) electrons. The highest BCUT2D eigenvalue weighted by Crippen LogP contribution is 2.15. The Bertz CT molecular complexity index is 118. The summed E-state index contributed by atoms with van der Waals surface area (Å²) < 4.78 is 0. The van der Waals surface area contributed by atoms with E-state index in [9.17, 15) is 0 Å². The van der Waals surface area contributed by atoms with Crippen molar-refractivity contribution < 1.29 is 0 Å². The largest absolute Gasteiger partial charge is 0.303 e. The Morgan fingerprint density at radius 3 is 2.23 bits per heavy atom. The lowest BCUT2D eigenvalue weighted by Crippen LogP contribution is -2.33. The summed E-state index contributed by atoms with van der Waals surface area (Å²) in [5.41, 5.74) is 0.440. The summed E-state index contributed by atoms with van der Waals surface area (Å²) in [5.74, 6) is 1.29. The number of hydrogen-bond acceptors (Lipinski definition) is 2. The summed E-state index contributed by atoms with van der Waals surface area (Å²) in [6.07, 6.45) is 3.51. The highest BCUT2D eigenvalue weighted by Gasteiger charge is 2.14. The van der Waals surface area contributed by atoms with Crippen molar-refractivity contribution in [3.63, 3.8) is 0 Å². The van der Waals surface area contributed by atoms with E-state index in [-0.39, 0.29) is 0 Å². The molecule has 0 aromatic heterocycles. The fourth-order valence-electron chi connectivity index (χ4n) is 1.45. The molecule has 0 aromatic rings. The zero-order chi connectivity index (χ0) is 10.3. The average Bonchev–Trinajstić information content (AvgIpc) is 2.01. The molecule has 0 aliphatic carbocycles. The Kier molecular flexibility index (Phi) is 6.88. The summed E-state index contributed by atoms with van der Waals surface area (Å²) in [4.78, 5) is 2.55. The molecule has 2 heteroatoms.